The number of fused-ring (bicyclic) bond motifs is 1. The summed E-state index contributed by atoms with van der Waals surface area (Å²) >= 11 is 3.73. The summed E-state index contributed by atoms with van der Waals surface area (Å²) < 4.78 is 6.64. The van der Waals surface area contributed by atoms with Crippen LogP contribution in [0.3, 0.4) is 0 Å². The number of aliphatic hydroxyl groups is 1. The quantitative estimate of drug-likeness (QED) is 0.262. The first-order chi connectivity index (χ1) is 21.8. The number of ether oxygens (including phenoxy) is 1. The van der Waals surface area contributed by atoms with Crippen molar-refractivity contribution in [3.8, 4) is 0 Å². The highest BCUT2D eigenvalue weighted by Gasteiger charge is 2.77. The second kappa shape index (κ2) is 12.9. The molecule has 3 amide bonds. The smallest absolute Gasteiger partial charge is 0.250 e. The van der Waals surface area contributed by atoms with Gasteiger partial charge >= 0.3 is 0 Å². The van der Waals surface area contributed by atoms with Gasteiger partial charge in [-0.25, -0.2) is 0 Å². The number of hydrogen-bond donors (Lipinski definition) is 3. The lowest BCUT2D eigenvalue weighted by atomic mass is 9.70. The molecule has 3 unspecified atom stereocenters. The molecular formula is C35H39BrN4O5. The van der Waals surface area contributed by atoms with E-state index in [4.69, 9.17) is 4.74 Å². The van der Waals surface area contributed by atoms with Crippen LogP contribution in [0.15, 0.2) is 84.9 Å². The standard InChI is InChI=1S/C35H39BrN4O5/c1-3-39(4-2)25-17-15-24(16-18-25)38-33(43)31-35-19-26(36)30(45-35)28(32(42)37-20-22-11-7-5-8-12-22)29(35)34(44)40(31)27(21-41)23-13-9-6-10-14-23/h5-18,26-31,41H,3-4,19-21H2,1-2H3,(H,37,42)(H,38,43)/t26?,27-,28+,29+,30+,31?,35?/m1/s1. The van der Waals surface area contributed by atoms with Crippen molar-refractivity contribution in [2.45, 2.75) is 55.4 Å². The van der Waals surface area contributed by atoms with Gasteiger partial charge in [0, 0.05) is 35.8 Å². The molecule has 236 valence electrons. The molecule has 10 heteroatoms. The van der Waals surface area contributed by atoms with Crippen molar-refractivity contribution in [1.29, 1.82) is 0 Å². The summed E-state index contributed by atoms with van der Waals surface area (Å²) in [5.74, 6) is -2.76. The third-order valence-corrected chi connectivity index (χ3v) is 10.4. The molecule has 1 spiro atoms. The summed E-state index contributed by atoms with van der Waals surface area (Å²) in [5.41, 5.74) is 2.01. The fourth-order valence-corrected chi connectivity index (χ4v) is 8.43. The molecule has 7 atom stereocenters. The number of anilines is 2. The number of nitrogens with one attached hydrogen (secondary N) is 2. The highest BCUT2D eigenvalue weighted by molar-refractivity contribution is 9.09. The van der Waals surface area contributed by atoms with Gasteiger partial charge in [-0.05, 0) is 55.7 Å². The van der Waals surface area contributed by atoms with Crippen LogP contribution in [0.1, 0.15) is 37.4 Å². The normalized spacial score (nSPS) is 27.2. The van der Waals surface area contributed by atoms with Crippen LogP contribution in [0.2, 0.25) is 0 Å². The predicted molar refractivity (Wildman–Crippen MR) is 176 cm³/mol. The van der Waals surface area contributed by atoms with E-state index in [9.17, 15) is 19.5 Å². The number of aliphatic hydroxyl groups excluding tert-OH is 1. The Balaban J connectivity index is 1.35. The monoisotopic (exact) mass is 674 g/mol. The molecule has 45 heavy (non-hydrogen) atoms. The maximum absolute atomic E-state index is 14.5. The SMILES string of the molecule is CCN(CC)c1ccc(NC(=O)C2N([C@H](CO)c3ccccc3)C(=O)[C@@H]3[C@H](C(=O)NCc4ccccc4)[C@H]4OC23CC4Br)cc1. The molecule has 0 aromatic heterocycles. The van der Waals surface area contributed by atoms with Crippen LogP contribution in [0, 0.1) is 11.8 Å². The van der Waals surface area contributed by atoms with Crippen molar-refractivity contribution in [2.75, 3.05) is 29.9 Å². The van der Waals surface area contributed by atoms with Gasteiger partial charge in [0.1, 0.15) is 11.6 Å². The van der Waals surface area contributed by atoms with Crippen LogP contribution in [-0.4, -0.2) is 70.0 Å². The Morgan fingerprint density at radius 1 is 1.00 bits per heavy atom. The Bertz CT molecular complexity index is 1520. The Hall–Kier alpha value is -3.73. The number of likely N-dealkylation sites (tertiary alicyclic amines) is 1. The largest absolute Gasteiger partial charge is 0.394 e. The minimum absolute atomic E-state index is 0.234. The second-order valence-electron chi connectivity index (χ2n) is 11.9. The Morgan fingerprint density at radius 2 is 1.64 bits per heavy atom. The van der Waals surface area contributed by atoms with E-state index in [-0.39, 0.29) is 16.6 Å². The number of hydrogen-bond acceptors (Lipinski definition) is 6. The summed E-state index contributed by atoms with van der Waals surface area (Å²) in [4.78, 5) is 46.2. The molecule has 9 nitrogen and oxygen atoms in total. The number of carbonyl (C=O) groups excluding carboxylic acids is 3. The first kappa shape index (κ1) is 31.3. The zero-order chi connectivity index (χ0) is 31.7. The lowest BCUT2D eigenvalue weighted by Gasteiger charge is -2.37. The van der Waals surface area contributed by atoms with Crippen molar-refractivity contribution in [3.05, 3.63) is 96.1 Å². The molecule has 3 saturated heterocycles. The summed E-state index contributed by atoms with van der Waals surface area (Å²) in [6.45, 7) is 5.82. The third-order valence-electron chi connectivity index (χ3n) is 9.54. The van der Waals surface area contributed by atoms with Crippen molar-refractivity contribution in [3.63, 3.8) is 0 Å². The van der Waals surface area contributed by atoms with Gasteiger partial charge in [0.15, 0.2) is 0 Å². The van der Waals surface area contributed by atoms with E-state index in [1.54, 1.807) is 0 Å². The van der Waals surface area contributed by atoms with E-state index < -0.39 is 48.1 Å². The van der Waals surface area contributed by atoms with Crippen LogP contribution < -0.4 is 15.5 Å². The molecule has 0 saturated carbocycles. The number of benzene rings is 3. The van der Waals surface area contributed by atoms with Crippen LogP contribution in [0.5, 0.6) is 0 Å². The number of rotatable bonds is 11. The number of nitrogens with zero attached hydrogens (tertiary/aromatic N) is 2. The molecule has 3 heterocycles. The zero-order valence-corrected chi connectivity index (χ0v) is 27.0. The molecule has 0 radical (unpaired) electrons. The van der Waals surface area contributed by atoms with Crippen molar-refractivity contribution >= 4 is 45.0 Å². The van der Waals surface area contributed by atoms with Gasteiger partial charge in [-0.1, -0.05) is 76.6 Å². The minimum Gasteiger partial charge on any atom is -0.394 e. The Kier molecular flexibility index (Phi) is 8.99. The summed E-state index contributed by atoms with van der Waals surface area (Å²) in [6.07, 6.45) is -0.205. The Labute approximate surface area is 272 Å². The van der Waals surface area contributed by atoms with Gasteiger partial charge in [-0.2, -0.15) is 0 Å². The molecule has 3 aromatic rings. The molecule has 3 aromatic carbocycles. The van der Waals surface area contributed by atoms with Crippen LogP contribution in [-0.2, 0) is 25.7 Å². The van der Waals surface area contributed by atoms with E-state index in [0.717, 1.165) is 24.3 Å². The maximum atomic E-state index is 14.5. The van der Waals surface area contributed by atoms with E-state index in [2.05, 4.69) is 45.3 Å². The molecule has 3 fully saturated rings. The van der Waals surface area contributed by atoms with Gasteiger partial charge in [0.05, 0.1) is 30.6 Å². The second-order valence-corrected chi connectivity index (χ2v) is 13.1. The minimum atomic E-state index is -1.25. The molecule has 3 aliphatic rings. The summed E-state index contributed by atoms with van der Waals surface area (Å²) in [6, 6.07) is 24.5. The summed E-state index contributed by atoms with van der Waals surface area (Å²) in [7, 11) is 0. The molecule has 3 N–H and O–H groups in total. The number of amides is 3. The Morgan fingerprint density at radius 3 is 2.27 bits per heavy atom. The van der Waals surface area contributed by atoms with Crippen LogP contribution in [0.25, 0.3) is 0 Å². The van der Waals surface area contributed by atoms with Crippen molar-refractivity contribution < 1.29 is 24.2 Å². The van der Waals surface area contributed by atoms with Crippen LogP contribution in [0.4, 0.5) is 11.4 Å². The third kappa shape index (κ3) is 5.53. The zero-order valence-electron chi connectivity index (χ0n) is 25.4. The van der Waals surface area contributed by atoms with Gasteiger partial charge in [-0.15, -0.1) is 0 Å². The van der Waals surface area contributed by atoms with Crippen LogP contribution >= 0.6 is 15.9 Å². The van der Waals surface area contributed by atoms with Gasteiger partial charge < -0.3 is 30.3 Å². The molecule has 0 aliphatic carbocycles. The molecule has 6 rings (SSSR count). The molecule has 3 aliphatic heterocycles. The highest BCUT2D eigenvalue weighted by Crippen LogP contribution is 2.61. The summed E-state index contributed by atoms with van der Waals surface area (Å²) in [5, 5.41) is 16.7. The highest BCUT2D eigenvalue weighted by atomic mass is 79.9. The van der Waals surface area contributed by atoms with Gasteiger partial charge in [-0.3, -0.25) is 14.4 Å². The number of carbonyl (C=O) groups is 3. The van der Waals surface area contributed by atoms with Crippen molar-refractivity contribution in [1.82, 2.24) is 10.2 Å². The fourth-order valence-electron chi connectivity index (χ4n) is 7.49. The maximum Gasteiger partial charge on any atom is 0.250 e. The average Bonchev–Trinajstić information content (AvgIpc) is 3.66. The molecule has 2 bridgehead atoms. The van der Waals surface area contributed by atoms with E-state index in [0.29, 0.717) is 24.2 Å². The first-order valence-corrected chi connectivity index (χ1v) is 16.5. The predicted octanol–water partition coefficient (Wildman–Crippen LogP) is 4.27. The lowest BCUT2D eigenvalue weighted by Crippen LogP contribution is -2.55. The van der Waals surface area contributed by atoms with E-state index in [1.807, 2.05) is 84.9 Å². The molecular weight excluding hydrogens is 636 g/mol. The fraction of sp³-hybridized carbons (Fsp3) is 0.400. The number of halogens is 1. The first-order valence-electron chi connectivity index (χ1n) is 15.6. The van der Waals surface area contributed by atoms with Gasteiger partial charge in [0.2, 0.25) is 17.7 Å². The average molecular weight is 676 g/mol. The van der Waals surface area contributed by atoms with Gasteiger partial charge in [0.25, 0.3) is 0 Å². The topological polar surface area (TPSA) is 111 Å². The lowest BCUT2D eigenvalue weighted by molar-refractivity contribution is -0.144. The number of alkyl halides is 1. The van der Waals surface area contributed by atoms with E-state index >= 15 is 0 Å². The van der Waals surface area contributed by atoms with Crippen molar-refractivity contribution in [2.24, 2.45) is 11.8 Å². The van der Waals surface area contributed by atoms with E-state index in [1.165, 1.54) is 4.90 Å².